The van der Waals surface area contributed by atoms with Gasteiger partial charge in [0.25, 0.3) is 0 Å². The minimum atomic E-state index is 0.0184. The Morgan fingerprint density at radius 2 is 1.29 bits per heavy atom. The number of dihydropyridines is 1. The molecule has 1 unspecified atom stereocenters. The zero-order valence-corrected chi connectivity index (χ0v) is 22.4. The molecule has 6 nitrogen and oxygen atoms in total. The third-order valence-electron chi connectivity index (χ3n) is 7.63. The molecule has 7 rings (SSSR count). The molecule has 42 heavy (non-hydrogen) atoms. The van der Waals surface area contributed by atoms with Gasteiger partial charge in [0.15, 0.2) is 0 Å². The summed E-state index contributed by atoms with van der Waals surface area (Å²) in [5, 5.41) is 23.0. The minimum absolute atomic E-state index is 0.0184. The van der Waals surface area contributed by atoms with Gasteiger partial charge >= 0.3 is 0 Å². The van der Waals surface area contributed by atoms with Crippen molar-refractivity contribution in [2.24, 2.45) is 4.99 Å². The Labute approximate surface area is 242 Å². The predicted molar refractivity (Wildman–Crippen MR) is 165 cm³/mol. The Balaban J connectivity index is 1.34. The number of nitriles is 2. The van der Waals surface area contributed by atoms with Crippen LogP contribution >= 0.6 is 0 Å². The molecule has 196 valence electrons. The third-order valence-corrected chi connectivity index (χ3v) is 7.63. The Morgan fingerprint density at radius 3 is 1.88 bits per heavy atom. The zero-order chi connectivity index (χ0) is 28.5. The lowest BCUT2D eigenvalue weighted by Gasteiger charge is -2.20. The highest BCUT2D eigenvalue weighted by atomic mass is 14.8. The van der Waals surface area contributed by atoms with E-state index >= 15 is 0 Å². The van der Waals surface area contributed by atoms with Crippen LogP contribution in [0.5, 0.6) is 0 Å². The van der Waals surface area contributed by atoms with Crippen molar-refractivity contribution in [2.75, 3.05) is 6.54 Å². The van der Waals surface area contributed by atoms with Crippen molar-refractivity contribution >= 4 is 27.3 Å². The zero-order valence-electron chi connectivity index (χ0n) is 22.4. The summed E-state index contributed by atoms with van der Waals surface area (Å²) in [7, 11) is 0. The minimum Gasteiger partial charge on any atom is -0.284 e. The molecule has 1 aliphatic rings. The molecule has 0 radical (unpaired) electrons. The number of hydrogen-bond donors (Lipinski definition) is 0. The number of aliphatic imine (C=N–C) groups is 1. The predicted octanol–water partition coefficient (Wildman–Crippen LogP) is 7.40. The maximum Gasteiger partial charge on any atom is 0.0992 e. The Hall–Kier alpha value is -5.98. The quantitative estimate of drug-likeness (QED) is 0.218. The first-order chi connectivity index (χ1) is 20.7. The maximum absolute atomic E-state index is 9.30. The molecule has 0 saturated heterocycles. The molecule has 6 heteroatoms. The normalized spacial score (nSPS) is 14.3. The second-order valence-electron chi connectivity index (χ2n) is 10.1. The van der Waals surface area contributed by atoms with E-state index in [-0.39, 0.29) is 5.92 Å². The van der Waals surface area contributed by atoms with Crippen LogP contribution in [-0.2, 0) is 0 Å². The molecule has 0 bridgehead atoms. The lowest BCUT2D eigenvalue weighted by atomic mass is 9.87. The van der Waals surface area contributed by atoms with Gasteiger partial charge in [0.05, 0.1) is 52.6 Å². The van der Waals surface area contributed by atoms with E-state index in [4.69, 9.17) is 9.98 Å². The van der Waals surface area contributed by atoms with E-state index in [0.29, 0.717) is 23.4 Å². The molecule has 3 aromatic heterocycles. The molecular formula is C36H22N6. The van der Waals surface area contributed by atoms with Gasteiger partial charge < -0.3 is 0 Å². The van der Waals surface area contributed by atoms with E-state index in [0.717, 1.165) is 55.3 Å². The van der Waals surface area contributed by atoms with Crippen LogP contribution in [0.15, 0.2) is 121 Å². The summed E-state index contributed by atoms with van der Waals surface area (Å²) >= 11 is 0. The van der Waals surface area contributed by atoms with Crippen LogP contribution in [0.1, 0.15) is 28.3 Å². The standard InChI is InChI=1S/C36H22N6/c37-19-23-13-15-39-33(17-23)25-9-11-31(41-21-25)35-27-5-1-2-6-28(27)36(30-8-4-3-7-29(30)35)32-12-10-26(22-42-32)34-18-24(20-38)14-16-40-34/h1-18,21,26H,22H2. The summed E-state index contributed by atoms with van der Waals surface area (Å²) in [6, 6.07) is 32.2. The lowest BCUT2D eigenvalue weighted by molar-refractivity contribution is 0.807. The highest BCUT2D eigenvalue weighted by molar-refractivity contribution is 6.28. The molecule has 1 atom stereocenters. The summed E-state index contributed by atoms with van der Waals surface area (Å²) in [4.78, 5) is 18.8. The van der Waals surface area contributed by atoms with Crippen molar-refractivity contribution in [3.05, 3.63) is 138 Å². The number of hydrogen-bond acceptors (Lipinski definition) is 6. The van der Waals surface area contributed by atoms with Gasteiger partial charge in [-0.25, -0.2) is 0 Å². The highest BCUT2D eigenvalue weighted by Gasteiger charge is 2.21. The second-order valence-corrected chi connectivity index (χ2v) is 10.1. The van der Waals surface area contributed by atoms with Gasteiger partial charge in [0, 0.05) is 41.2 Å². The van der Waals surface area contributed by atoms with Gasteiger partial charge in [-0.15, -0.1) is 0 Å². The average molecular weight is 539 g/mol. The average Bonchev–Trinajstić information content (AvgIpc) is 3.07. The van der Waals surface area contributed by atoms with Crippen molar-refractivity contribution in [2.45, 2.75) is 5.92 Å². The molecule has 0 fully saturated rings. The van der Waals surface area contributed by atoms with E-state index < -0.39 is 0 Å². The number of fused-ring (bicyclic) bond motifs is 2. The van der Waals surface area contributed by atoms with Crippen LogP contribution in [0.3, 0.4) is 0 Å². The van der Waals surface area contributed by atoms with Gasteiger partial charge in [-0.05, 0) is 64.0 Å². The monoisotopic (exact) mass is 538 g/mol. The molecule has 0 N–H and O–H groups in total. The van der Waals surface area contributed by atoms with Crippen molar-refractivity contribution < 1.29 is 0 Å². The Morgan fingerprint density at radius 1 is 0.643 bits per heavy atom. The number of benzene rings is 3. The van der Waals surface area contributed by atoms with Crippen LogP contribution in [0.2, 0.25) is 0 Å². The first kappa shape index (κ1) is 25.0. The van der Waals surface area contributed by atoms with Crippen LogP contribution in [0.25, 0.3) is 44.1 Å². The van der Waals surface area contributed by atoms with Crippen molar-refractivity contribution in [3.63, 3.8) is 0 Å². The topological polar surface area (TPSA) is 98.6 Å². The Kier molecular flexibility index (Phi) is 6.28. The molecular weight excluding hydrogens is 516 g/mol. The van der Waals surface area contributed by atoms with E-state index in [1.807, 2.05) is 24.4 Å². The number of rotatable bonds is 4. The fourth-order valence-electron chi connectivity index (χ4n) is 5.62. The van der Waals surface area contributed by atoms with E-state index in [2.05, 4.69) is 82.8 Å². The van der Waals surface area contributed by atoms with Crippen molar-refractivity contribution in [1.29, 1.82) is 10.5 Å². The van der Waals surface area contributed by atoms with Gasteiger partial charge in [-0.3, -0.25) is 19.9 Å². The second kappa shape index (κ2) is 10.5. The van der Waals surface area contributed by atoms with E-state index in [1.165, 1.54) is 0 Å². The summed E-state index contributed by atoms with van der Waals surface area (Å²) in [5.74, 6) is 0.0184. The highest BCUT2D eigenvalue weighted by Crippen LogP contribution is 2.40. The van der Waals surface area contributed by atoms with Crippen LogP contribution in [0.4, 0.5) is 0 Å². The summed E-state index contributed by atoms with van der Waals surface area (Å²) in [5.41, 5.74) is 7.52. The maximum atomic E-state index is 9.30. The molecule has 4 heterocycles. The van der Waals surface area contributed by atoms with Gasteiger partial charge in [0.2, 0.25) is 0 Å². The third kappa shape index (κ3) is 4.38. The van der Waals surface area contributed by atoms with Gasteiger partial charge in [0.1, 0.15) is 0 Å². The van der Waals surface area contributed by atoms with Crippen LogP contribution in [-0.4, -0.2) is 27.2 Å². The summed E-state index contributed by atoms with van der Waals surface area (Å²) < 4.78 is 0. The summed E-state index contributed by atoms with van der Waals surface area (Å²) in [6.45, 7) is 0.558. The fourth-order valence-corrected chi connectivity index (χ4v) is 5.62. The number of allylic oxidation sites excluding steroid dienone is 1. The van der Waals surface area contributed by atoms with E-state index in [1.54, 1.807) is 30.6 Å². The van der Waals surface area contributed by atoms with E-state index in [9.17, 15) is 10.5 Å². The largest absolute Gasteiger partial charge is 0.284 e. The van der Waals surface area contributed by atoms with Crippen LogP contribution in [0, 0.1) is 22.7 Å². The van der Waals surface area contributed by atoms with Crippen LogP contribution < -0.4 is 0 Å². The molecule has 1 aliphatic heterocycles. The number of aromatic nitrogens is 3. The molecule has 0 aliphatic carbocycles. The number of nitrogens with zero attached hydrogens (tertiary/aromatic N) is 6. The van der Waals surface area contributed by atoms with Crippen molar-refractivity contribution in [3.8, 4) is 34.7 Å². The Bertz CT molecular complexity index is 2090. The molecule has 0 spiro atoms. The smallest absolute Gasteiger partial charge is 0.0992 e. The summed E-state index contributed by atoms with van der Waals surface area (Å²) in [6.07, 6.45) is 9.37. The lowest BCUT2D eigenvalue weighted by Crippen LogP contribution is -2.12. The van der Waals surface area contributed by atoms with Gasteiger partial charge in [-0.2, -0.15) is 10.5 Å². The molecule has 0 saturated carbocycles. The first-order valence-corrected chi connectivity index (χ1v) is 13.6. The molecule has 6 aromatic rings. The van der Waals surface area contributed by atoms with Gasteiger partial charge in [-0.1, -0.05) is 54.6 Å². The van der Waals surface area contributed by atoms with Crippen molar-refractivity contribution in [1.82, 2.24) is 15.0 Å². The first-order valence-electron chi connectivity index (χ1n) is 13.6. The number of pyridine rings is 3. The molecule has 0 amide bonds. The molecule has 3 aromatic carbocycles. The fraction of sp³-hybridized carbons (Fsp3) is 0.0556. The SMILES string of the molecule is N#Cc1ccnc(-c2ccc(-c3c4ccccc4c(C4=NCC(c5cc(C#N)ccn5)C=C4)c4ccccc34)nc2)c1.